The zero-order valence-electron chi connectivity index (χ0n) is 16.5. The van der Waals surface area contributed by atoms with E-state index in [2.05, 4.69) is 32.6 Å². The van der Waals surface area contributed by atoms with Crippen LogP contribution in [0.3, 0.4) is 0 Å². The van der Waals surface area contributed by atoms with Crippen LogP contribution in [0.2, 0.25) is 5.02 Å². The normalized spacial score (nSPS) is 25.2. The molecule has 4 rings (SSSR count). The predicted octanol–water partition coefficient (Wildman–Crippen LogP) is 3.12. The minimum atomic E-state index is -4.10. The monoisotopic (exact) mass is 473 g/mol. The lowest BCUT2D eigenvalue weighted by Crippen LogP contribution is -2.31. The molecule has 11 heteroatoms. The summed E-state index contributed by atoms with van der Waals surface area (Å²) in [6.45, 7) is 4.97. The molecular formula is C19H25ClFN5O2S2. The zero-order valence-corrected chi connectivity index (χ0v) is 18.9. The van der Waals surface area contributed by atoms with Crippen LogP contribution in [0.15, 0.2) is 28.6 Å². The highest BCUT2D eigenvalue weighted by Crippen LogP contribution is 2.42. The molecule has 164 valence electrons. The van der Waals surface area contributed by atoms with Gasteiger partial charge in [0.2, 0.25) is 0 Å². The van der Waals surface area contributed by atoms with Crippen LogP contribution in [0.25, 0.3) is 0 Å². The van der Waals surface area contributed by atoms with E-state index < -0.39 is 20.7 Å². The molecule has 2 aromatic rings. The van der Waals surface area contributed by atoms with Crippen LogP contribution in [0, 0.1) is 17.7 Å². The van der Waals surface area contributed by atoms with E-state index in [4.69, 9.17) is 11.6 Å². The zero-order chi connectivity index (χ0) is 21.3. The summed E-state index contributed by atoms with van der Waals surface area (Å²) in [4.78, 5) is 3.34. The number of piperidine rings is 1. The minimum absolute atomic E-state index is 0.153. The van der Waals surface area contributed by atoms with Gasteiger partial charge in [0.25, 0.3) is 10.0 Å². The first-order chi connectivity index (χ1) is 14.4. The summed E-state index contributed by atoms with van der Waals surface area (Å²) in [5.74, 6) is 0.647. The van der Waals surface area contributed by atoms with Gasteiger partial charge in [-0.25, -0.2) is 17.8 Å². The van der Waals surface area contributed by atoms with Gasteiger partial charge < -0.3 is 16.0 Å². The number of halogens is 2. The molecule has 0 radical (unpaired) electrons. The van der Waals surface area contributed by atoms with Gasteiger partial charge in [0, 0.05) is 30.2 Å². The fourth-order valence-corrected chi connectivity index (χ4v) is 6.25. The third-order valence-electron chi connectivity index (χ3n) is 5.67. The quantitative estimate of drug-likeness (QED) is 0.396. The number of sulfonamides is 1. The highest BCUT2D eigenvalue weighted by Gasteiger charge is 2.56. The van der Waals surface area contributed by atoms with E-state index in [1.165, 1.54) is 6.20 Å². The number of thiazole rings is 1. The third kappa shape index (κ3) is 4.72. The standard InChI is InChI=1S/C19H25ClFN5O2S2/c1-11-10-25-18-16(11)17(18)23-5-3-2-4-22-14-9-13(21)15(8-12(14)20)30(27,28)26-19-24-6-7-29-19/h6-9,11,16-18,22-23,25H,2-5,10H2,1H3,(H,24,26)/t11-,16?,17?,18-/m0/s1. The summed E-state index contributed by atoms with van der Waals surface area (Å²) in [6, 6.07) is 3.48. The number of rotatable bonds is 10. The highest BCUT2D eigenvalue weighted by atomic mass is 35.5. The topological polar surface area (TPSA) is 95.1 Å². The number of nitrogens with zero attached hydrogens (tertiary/aromatic N) is 1. The minimum Gasteiger partial charge on any atom is -0.384 e. The van der Waals surface area contributed by atoms with Crippen LogP contribution in [0.1, 0.15) is 19.8 Å². The number of hydrogen-bond acceptors (Lipinski definition) is 7. The number of aromatic nitrogens is 1. The molecule has 0 amide bonds. The Hall–Kier alpha value is -1.46. The molecule has 1 aliphatic heterocycles. The number of nitrogens with one attached hydrogen (secondary N) is 4. The Kier molecular flexibility index (Phi) is 6.50. The lowest BCUT2D eigenvalue weighted by Gasteiger charge is -2.13. The first kappa shape index (κ1) is 21.8. The Morgan fingerprint density at radius 1 is 1.33 bits per heavy atom. The van der Waals surface area contributed by atoms with Gasteiger partial charge in [0.05, 0.1) is 10.7 Å². The van der Waals surface area contributed by atoms with Crippen molar-refractivity contribution in [1.29, 1.82) is 0 Å². The third-order valence-corrected chi connectivity index (χ3v) is 8.16. The lowest BCUT2D eigenvalue weighted by atomic mass is 10.1. The Morgan fingerprint density at radius 3 is 2.83 bits per heavy atom. The second-order valence-electron chi connectivity index (χ2n) is 7.81. The fourth-order valence-electron chi connectivity index (χ4n) is 4.08. The molecule has 1 saturated carbocycles. The molecule has 2 heterocycles. The van der Waals surface area contributed by atoms with Gasteiger partial charge in [-0.2, -0.15) is 0 Å². The van der Waals surface area contributed by atoms with E-state index in [-0.39, 0.29) is 10.2 Å². The molecule has 4 atom stereocenters. The van der Waals surface area contributed by atoms with E-state index in [0.717, 1.165) is 61.2 Å². The van der Waals surface area contributed by atoms with E-state index in [1.807, 2.05) is 0 Å². The molecule has 2 unspecified atom stereocenters. The van der Waals surface area contributed by atoms with Gasteiger partial charge in [-0.3, -0.25) is 4.72 Å². The van der Waals surface area contributed by atoms with Crippen LogP contribution < -0.4 is 20.7 Å². The summed E-state index contributed by atoms with van der Waals surface area (Å²) in [5.41, 5.74) is 0.380. The maximum Gasteiger partial charge on any atom is 0.266 e. The summed E-state index contributed by atoms with van der Waals surface area (Å²) < 4.78 is 41.5. The Labute approximate surface area is 184 Å². The molecule has 2 aliphatic rings. The predicted molar refractivity (Wildman–Crippen MR) is 118 cm³/mol. The molecule has 4 N–H and O–H groups in total. The van der Waals surface area contributed by atoms with Crippen LogP contribution in [0.5, 0.6) is 0 Å². The summed E-state index contributed by atoms with van der Waals surface area (Å²) >= 11 is 7.30. The van der Waals surface area contributed by atoms with Crippen molar-refractivity contribution in [3.63, 3.8) is 0 Å². The number of hydrogen-bond donors (Lipinski definition) is 4. The first-order valence-corrected chi connectivity index (χ1v) is 12.7. The largest absolute Gasteiger partial charge is 0.384 e. The summed E-state index contributed by atoms with van der Waals surface area (Å²) in [5, 5.41) is 12.2. The van der Waals surface area contributed by atoms with Gasteiger partial charge in [-0.15, -0.1) is 11.3 Å². The van der Waals surface area contributed by atoms with Crippen molar-refractivity contribution < 1.29 is 12.8 Å². The van der Waals surface area contributed by atoms with E-state index in [9.17, 15) is 12.8 Å². The van der Waals surface area contributed by atoms with Crippen LogP contribution in [-0.4, -0.2) is 45.1 Å². The highest BCUT2D eigenvalue weighted by molar-refractivity contribution is 7.93. The molecule has 30 heavy (non-hydrogen) atoms. The van der Waals surface area contributed by atoms with Crippen molar-refractivity contribution in [1.82, 2.24) is 15.6 Å². The second kappa shape index (κ2) is 8.96. The first-order valence-electron chi connectivity index (χ1n) is 9.99. The fraction of sp³-hybridized carbons (Fsp3) is 0.526. The van der Waals surface area contributed by atoms with Gasteiger partial charge in [0.1, 0.15) is 10.7 Å². The van der Waals surface area contributed by atoms with Crippen molar-refractivity contribution >= 4 is 43.8 Å². The second-order valence-corrected chi connectivity index (χ2v) is 10.8. The summed E-state index contributed by atoms with van der Waals surface area (Å²) in [7, 11) is -4.10. The Morgan fingerprint density at radius 2 is 2.13 bits per heavy atom. The molecule has 0 spiro atoms. The molecule has 7 nitrogen and oxygen atoms in total. The van der Waals surface area contributed by atoms with E-state index in [0.29, 0.717) is 24.3 Å². The maximum absolute atomic E-state index is 14.5. The van der Waals surface area contributed by atoms with Gasteiger partial charge in [-0.1, -0.05) is 18.5 Å². The van der Waals surface area contributed by atoms with Crippen LogP contribution >= 0.6 is 22.9 Å². The van der Waals surface area contributed by atoms with Crippen molar-refractivity contribution in [2.24, 2.45) is 11.8 Å². The molecule has 1 aliphatic carbocycles. The van der Waals surface area contributed by atoms with Gasteiger partial charge >= 0.3 is 0 Å². The lowest BCUT2D eigenvalue weighted by molar-refractivity contribution is 0.475. The van der Waals surface area contributed by atoms with Crippen LogP contribution in [-0.2, 0) is 10.0 Å². The molecule has 2 fully saturated rings. The number of unbranched alkanes of at least 4 members (excludes halogenated alkanes) is 1. The SMILES string of the molecule is C[C@H]1CN[C@@H]2C(NCCCCNc3cc(F)c(S(=O)(=O)Nc4nccs4)cc3Cl)C21. The van der Waals surface area contributed by atoms with E-state index in [1.54, 1.807) is 5.38 Å². The smallest absolute Gasteiger partial charge is 0.266 e. The Balaban J connectivity index is 1.24. The number of benzene rings is 1. The van der Waals surface area contributed by atoms with Crippen molar-refractivity contribution in [2.75, 3.05) is 29.7 Å². The van der Waals surface area contributed by atoms with Crippen molar-refractivity contribution in [2.45, 2.75) is 36.7 Å². The Bertz CT molecular complexity index is 989. The molecule has 1 saturated heterocycles. The molecule has 0 bridgehead atoms. The van der Waals surface area contributed by atoms with Crippen molar-refractivity contribution in [3.05, 3.63) is 34.5 Å². The van der Waals surface area contributed by atoms with E-state index >= 15 is 0 Å². The van der Waals surface area contributed by atoms with Crippen LogP contribution in [0.4, 0.5) is 15.2 Å². The maximum atomic E-state index is 14.5. The number of fused-ring (bicyclic) bond motifs is 1. The molecule has 1 aromatic carbocycles. The average molecular weight is 474 g/mol. The molecular weight excluding hydrogens is 449 g/mol. The van der Waals surface area contributed by atoms with Gasteiger partial charge in [0.15, 0.2) is 5.13 Å². The summed E-state index contributed by atoms with van der Waals surface area (Å²) in [6.07, 6.45) is 3.34. The van der Waals surface area contributed by atoms with Gasteiger partial charge in [-0.05, 0) is 49.9 Å². The van der Waals surface area contributed by atoms with Crippen molar-refractivity contribution in [3.8, 4) is 0 Å². The average Bonchev–Trinajstić information content (AvgIpc) is 2.98. The number of anilines is 2. The molecule has 1 aromatic heterocycles.